The zero-order valence-corrected chi connectivity index (χ0v) is 5.75. The quantitative estimate of drug-likeness (QED) is 0.438. The van der Waals surface area contributed by atoms with Crippen LogP contribution in [0.2, 0.25) is 0 Å². The highest BCUT2D eigenvalue weighted by Gasteiger charge is 1.95. The molecule has 0 saturated carbocycles. The lowest BCUT2D eigenvalue weighted by Gasteiger charge is -2.10. The van der Waals surface area contributed by atoms with Crippen LogP contribution in [0.4, 0.5) is 0 Å². The van der Waals surface area contributed by atoms with Crippen LogP contribution in [0.3, 0.4) is 0 Å². The number of nitriles is 2. The third-order valence-electron chi connectivity index (χ3n) is 1.02. The number of rotatable bonds is 4. The molecule has 10 heavy (non-hydrogen) atoms. The maximum absolute atomic E-state index is 8.14. The summed E-state index contributed by atoms with van der Waals surface area (Å²) < 4.78 is 0. The molecule has 0 spiro atoms. The van der Waals surface area contributed by atoms with Gasteiger partial charge in [0.25, 0.3) is 0 Å². The van der Waals surface area contributed by atoms with Crippen LogP contribution >= 0.6 is 0 Å². The van der Waals surface area contributed by atoms with E-state index in [2.05, 4.69) is 0 Å². The molecule has 0 aromatic heterocycles. The van der Waals surface area contributed by atoms with Crippen LogP contribution in [-0.2, 0) is 0 Å². The molecule has 4 nitrogen and oxygen atoms in total. The van der Waals surface area contributed by atoms with Gasteiger partial charge in [0, 0.05) is 25.9 Å². The van der Waals surface area contributed by atoms with Gasteiger partial charge in [-0.05, 0) is 0 Å². The Morgan fingerprint density at radius 3 is 1.80 bits per heavy atom. The maximum atomic E-state index is 8.14. The first-order chi connectivity index (χ1) is 4.81. The predicted molar refractivity (Wildman–Crippen MR) is 36.2 cm³/mol. The van der Waals surface area contributed by atoms with Gasteiger partial charge >= 0.3 is 0 Å². The SMILES string of the molecule is N#CCCN(N)CCC#N. The second-order valence-electron chi connectivity index (χ2n) is 1.85. The van der Waals surface area contributed by atoms with E-state index in [-0.39, 0.29) is 0 Å². The third-order valence-corrected chi connectivity index (χ3v) is 1.02. The Bertz CT molecular complexity index is 134. The fourth-order valence-electron chi connectivity index (χ4n) is 0.499. The van der Waals surface area contributed by atoms with E-state index >= 15 is 0 Å². The van der Waals surface area contributed by atoms with E-state index in [1.807, 2.05) is 12.1 Å². The Hall–Kier alpha value is -1.10. The first-order valence-corrected chi connectivity index (χ1v) is 3.04. The molecule has 0 aliphatic carbocycles. The van der Waals surface area contributed by atoms with Crippen LogP contribution in [0, 0.1) is 22.7 Å². The molecule has 4 heteroatoms. The highest BCUT2D eigenvalue weighted by atomic mass is 15.4. The van der Waals surface area contributed by atoms with Gasteiger partial charge in [-0.15, -0.1) is 0 Å². The molecule has 0 radical (unpaired) electrons. The molecule has 0 aliphatic rings. The first kappa shape index (κ1) is 8.90. The Balaban J connectivity index is 3.20. The van der Waals surface area contributed by atoms with E-state index in [0.29, 0.717) is 25.9 Å². The van der Waals surface area contributed by atoms with E-state index in [9.17, 15) is 0 Å². The van der Waals surface area contributed by atoms with Crippen LogP contribution < -0.4 is 5.84 Å². The summed E-state index contributed by atoms with van der Waals surface area (Å²) in [5, 5.41) is 17.8. The summed E-state index contributed by atoms with van der Waals surface area (Å²) in [6.07, 6.45) is 0.837. The summed E-state index contributed by atoms with van der Waals surface area (Å²) in [6, 6.07) is 3.94. The number of nitrogens with zero attached hydrogens (tertiary/aromatic N) is 3. The summed E-state index contributed by atoms with van der Waals surface area (Å²) in [6.45, 7) is 1.08. The van der Waals surface area contributed by atoms with Gasteiger partial charge < -0.3 is 0 Å². The Morgan fingerprint density at radius 2 is 1.50 bits per heavy atom. The molecule has 0 amide bonds. The Labute approximate surface area is 60.4 Å². The number of hydrogen-bond acceptors (Lipinski definition) is 4. The van der Waals surface area contributed by atoms with Gasteiger partial charge in [-0.2, -0.15) is 10.5 Å². The van der Waals surface area contributed by atoms with Crippen molar-refractivity contribution in [1.29, 1.82) is 10.5 Å². The van der Waals surface area contributed by atoms with Crippen molar-refractivity contribution in [2.75, 3.05) is 13.1 Å². The first-order valence-electron chi connectivity index (χ1n) is 3.04. The normalized spacial score (nSPS) is 8.80. The molecule has 0 saturated heterocycles. The predicted octanol–water partition coefficient (Wildman–Crippen LogP) is -0.0105. The van der Waals surface area contributed by atoms with E-state index in [1.165, 1.54) is 5.01 Å². The zero-order chi connectivity index (χ0) is 7.82. The van der Waals surface area contributed by atoms with E-state index in [4.69, 9.17) is 16.4 Å². The third kappa shape index (κ3) is 5.04. The topological polar surface area (TPSA) is 76.8 Å². The van der Waals surface area contributed by atoms with Gasteiger partial charge in [0.2, 0.25) is 0 Å². The lowest BCUT2D eigenvalue weighted by atomic mass is 10.4. The minimum absolute atomic E-state index is 0.419. The fraction of sp³-hybridized carbons (Fsp3) is 0.667. The van der Waals surface area contributed by atoms with Crippen LogP contribution in [0.5, 0.6) is 0 Å². The maximum Gasteiger partial charge on any atom is 0.0635 e. The van der Waals surface area contributed by atoms with E-state index < -0.39 is 0 Å². The van der Waals surface area contributed by atoms with Gasteiger partial charge in [0.15, 0.2) is 0 Å². The van der Waals surface area contributed by atoms with Crippen molar-refractivity contribution in [3.8, 4) is 12.1 Å². The van der Waals surface area contributed by atoms with E-state index in [0.717, 1.165) is 0 Å². The van der Waals surface area contributed by atoms with Gasteiger partial charge in [-0.1, -0.05) is 0 Å². The number of nitrogens with two attached hydrogens (primary N) is 1. The van der Waals surface area contributed by atoms with Gasteiger partial charge in [0.1, 0.15) is 0 Å². The molecule has 0 atom stereocenters. The highest BCUT2D eigenvalue weighted by Crippen LogP contribution is 1.84. The van der Waals surface area contributed by atoms with Crippen LogP contribution in [0.15, 0.2) is 0 Å². The average molecular weight is 138 g/mol. The second kappa shape index (κ2) is 6.03. The summed E-state index contributed by atoms with van der Waals surface area (Å²) in [4.78, 5) is 0. The average Bonchev–Trinajstić information content (AvgIpc) is 1.97. The smallest absolute Gasteiger partial charge is 0.0635 e. The van der Waals surface area contributed by atoms with Crippen molar-refractivity contribution in [2.45, 2.75) is 12.8 Å². The monoisotopic (exact) mass is 138 g/mol. The van der Waals surface area contributed by atoms with Gasteiger partial charge in [-0.3, -0.25) is 5.84 Å². The van der Waals surface area contributed by atoms with Crippen LogP contribution in [0.1, 0.15) is 12.8 Å². The van der Waals surface area contributed by atoms with Crippen molar-refractivity contribution < 1.29 is 0 Å². The zero-order valence-electron chi connectivity index (χ0n) is 5.75. The summed E-state index contributed by atoms with van der Waals surface area (Å²) >= 11 is 0. The highest BCUT2D eigenvalue weighted by molar-refractivity contribution is 4.73. The molecule has 0 fully saturated rings. The molecule has 0 bridgehead atoms. The van der Waals surface area contributed by atoms with Crippen LogP contribution in [-0.4, -0.2) is 18.1 Å². The lowest BCUT2D eigenvalue weighted by Crippen LogP contribution is -2.32. The summed E-state index contributed by atoms with van der Waals surface area (Å²) in [7, 11) is 0. The number of hydrazine groups is 1. The van der Waals surface area contributed by atoms with Crippen molar-refractivity contribution in [1.82, 2.24) is 5.01 Å². The molecule has 0 aliphatic heterocycles. The van der Waals surface area contributed by atoms with Gasteiger partial charge in [-0.25, -0.2) is 5.01 Å². The molecular formula is C6H10N4. The van der Waals surface area contributed by atoms with Crippen molar-refractivity contribution in [2.24, 2.45) is 5.84 Å². The molecule has 0 aromatic rings. The van der Waals surface area contributed by atoms with E-state index in [1.54, 1.807) is 0 Å². The van der Waals surface area contributed by atoms with Gasteiger partial charge in [0.05, 0.1) is 12.1 Å². The molecule has 0 heterocycles. The standard InChI is InChI=1S/C6H10N4/c7-3-1-5-10(9)6-2-4-8/h1-2,5-6,9H2. The number of hydrogen-bond donors (Lipinski definition) is 1. The fourth-order valence-corrected chi connectivity index (χ4v) is 0.499. The molecule has 0 aromatic carbocycles. The minimum Gasteiger partial charge on any atom is -0.269 e. The summed E-state index contributed by atoms with van der Waals surface area (Å²) in [5.41, 5.74) is 0. The second-order valence-corrected chi connectivity index (χ2v) is 1.85. The largest absolute Gasteiger partial charge is 0.269 e. The van der Waals surface area contributed by atoms with Crippen LogP contribution in [0.25, 0.3) is 0 Å². The molecule has 54 valence electrons. The van der Waals surface area contributed by atoms with Crippen molar-refractivity contribution in [3.05, 3.63) is 0 Å². The Kier molecular flexibility index (Phi) is 5.36. The molecule has 0 unspecified atom stereocenters. The lowest BCUT2D eigenvalue weighted by molar-refractivity contribution is 0.297. The molecule has 2 N–H and O–H groups in total. The molecule has 0 rings (SSSR count). The minimum atomic E-state index is 0.419. The molecular weight excluding hydrogens is 128 g/mol. The Morgan fingerprint density at radius 1 is 1.10 bits per heavy atom. The summed E-state index contributed by atoms with van der Waals surface area (Å²) in [5.74, 6) is 5.38. The van der Waals surface area contributed by atoms with Crippen molar-refractivity contribution >= 4 is 0 Å². The van der Waals surface area contributed by atoms with Crippen molar-refractivity contribution in [3.63, 3.8) is 0 Å².